The number of nitrogens with zero attached hydrogens (tertiary/aromatic N) is 1. The third-order valence-electron chi connectivity index (χ3n) is 3.97. The highest BCUT2D eigenvalue weighted by molar-refractivity contribution is 5.68. The topological polar surface area (TPSA) is 50.8 Å². The molecule has 0 aromatic heterocycles. The van der Waals surface area contributed by atoms with E-state index in [1.165, 1.54) is 12.1 Å². The number of nitrogens with one attached hydrogen (secondary N) is 1. The Balaban J connectivity index is 1.56. The lowest BCUT2D eigenvalue weighted by Gasteiger charge is -2.33. The Morgan fingerprint density at radius 3 is 2.48 bits per heavy atom. The molecular weight excluding hydrogens is 323 g/mol. The number of carbonyl (C=O) groups is 1. The van der Waals surface area contributed by atoms with Crippen LogP contribution in [0.3, 0.4) is 0 Å². The maximum atomic E-state index is 12.8. The van der Waals surface area contributed by atoms with Crippen molar-refractivity contribution in [2.24, 2.45) is 0 Å². The van der Waals surface area contributed by atoms with Crippen LogP contribution in [0.1, 0.15) is 39.2 Å². The number of halogens is 1. The Bertz CT molecular complexity index is 535. The molecule has 1 saturated heterocycles. The van der Waals surface area contributed by atoms with Crippen LogP contribution in [-0.2, 0) is 16.0 Å². The van der Waals surface area contributed by atoms with E-state index < -0.39 is 5.60 Å². The molecular formula is C19H29FN2O3. The molecule has 25 heavy (non-hydrogen) atoms. The zero-order valence-corrected chi connectivity index (χ0v) is 15.4. The summed E-state index contributed by atoms with van der Waals surface area (Å²) in [5.41, 5.74) is 0.590. The third kappa shape index (κ3) is 7.40. The quantitative estimate of drug-likeness (QED) is 0.798. The van der Waals surface area contributed by atoms with Crippen molar-refractivity contribution >= 4 is 6.09 Å². The van der Waals surface area contributed by atoms with E-state index in [4.69, 9.17) is 9.47 Å². The van der Waals surface area contributed by atoms with Gasteiger partial charge in [0.05, 0.1) is 12.7 Å². The van der Waals surface area contributed by atoms with Crippen LogP contribution in [0.4, 0.5) is 9.18 Å². The average Bonchev–Trinajstić information content (AvgIpc) is 2.55. The molecule has 140 valence electrons. The Labute approximate surface area is 149 Å². The minimum Gasteiger partial charge on any atom is -0.444 e. The molecule has 1 heterocycles. The van der Waals surface area contributed by atoms with Gasteiger partial charge >= 0.3 is 6.09 Å². The normalized spacial score (nSPS) is 16.1. The molecule has 0 unspecified atom stereocenters. The van der Waals surface area contributed by atoms with Gasteiger partial charge in [-0.3, -0.25) is 0 Å². The number of carbonyl (C=O) groups excluding carboxylic acids is 1. The van der Waals surface area contributed by atoms with E-state index in [1.807, 2.05) is 20.8 Å². The third-order valence-corrected chi connectivity index (χ3v) is 3.97. The van der Waals surface area contributed by atoms with Gasteiger partial charge in [-0.05, 0) is 51.3 Å². The van der Waals surface area contributed by atoms with Gasteiger partial charge in [0.1, 0.15) is 11.4 Å². The van der Waals surface area contributed by atoms with Gasteiger partial charge in [-0.2, -0.15) is 0 Å². The summed E-state index contributed by atoms with van der Waals surface area (Å²) in [7, 11) is 0. The number of amides is 1. The van der Waals surface area contributed by atoms with E-state index in [-0.39, 0.29) is 18.0 Å². The van der Waals surface area contributed by atoms with Crippen LogP contribution >= 0.6 is 0 Å². The summed E-state index contributed by atoms with van der Waals surface area (Å²) in [5, 5.41) is 3.28. The summed E-state index contributed by atoms with van der Waals surface area (Å²) < 4.78 is 24.1. The SMILES string of the molecule is CC(C)(C)OC(=O)N1CCC(OCCNCc2ccc(F)cc2)CC1. The van der Waals surface area contributed by atoms with Crippen molar-refractivity contribution in [2.75, 3.05) is 26.2 Å². The summed E-state index contributed by atoms with van der Waals surface area (Å²) in [5.74, 6) is -0.218. The van der Waals surface area contributed by atoms with Crippen LogP contribution in [0.25, 0.3) is 0 Å². The summed E-state index contributed by atoms with van der Waals surface area (Å²) in [4.78, 5) is 13.8. The van der Waals surface area contributed by atoms with Crippen LogP contribution < -0.4 is 5.32 Å². The van der Waals surface area contributed by atoms with E-state index >= 15 is 0 Å². The smallest absolute Gasteiger partial charge is 0.410 e. The summed E-state index contributed by atoms with van der Waals surface area (Å²) in [6.45, 7) is 9.02. The predicted molar refractivity (Wildman–Crippen MR) is 94.9 cm³/mol. The summed E-state index contributed by atoms with van der Waals surface area (Å²) in [6.07, 6.45) is 1.60. The first kappa shape index (κ1) is 19.7. The van der Waals surface area contributed by atoms with Gasteiger partial charge in [-0.1, -0.05) is 12.1 Å². The first-order valence-electron chi connectivity index (χ1n) is 8.88. The molecule has 1 N–H and O–H groups in total. The van der Waals surface area contributed by atoms with Gasteiger partial charge in [-0.25, -0.2) is 9.18 Å². The standard InChI is InChI=1S/C19H29FN2O3/c1-19(2,3)25-18(23)22-11-8-17(9-12-22)24-13-10-21-14-15-4-6-16(20)7-5-15/h4-7,17,21H,8-14H2,1-3H3. The molecule has 0 aliphatic carbocycles. The lowest BCUT2D eigenvalue weighted by atomic mass is 10.1. The first-order valence-corrected chi connectivity index (χ1v) is 8.88. The number of hydrogen-bond donors (Lipinski definition) is 1. The molecule has 5 nitrogen and oxygen atoms in total. The van der Waals surface area contributed by atoms with E-state index in [0.717, 1.165) is 24.9 Å². The van der Waals surface area contributed by atoms with Crippen LogP contribution in [0.15, 0.2) is 24.3 Å². The van der Waals surface area contributed by atoms with E-state index in [1.54, 1.807) is 17.0 Å². The van der Waals surface area contributed by atoms with Crippen molar-refractivity contribution < 1.29 is 18.7 Å². The second-order valence-corrected chi connectivity index (χ2v) is 7.34. The molecule has 1 aliphatic heterocycles. The van der Waals surface area contributed by atoms with E-state index in [9.17, 15) is 9.18 Å². The number of hydrogen-bond acceptors (Lipinski definition) is 4. The summed E-state index contributed by atoms with van der Waals surface area (Å²) in [6, 6.07) is 6.48. The van der Waals surface area contributed by atoms with Crippen LogP contribution in [0.5, 0.6) is 0 Å². The van der Waals surface area contributed by atoms with Gasteiger partial charge in [-0.15, -0.1) is 0 Å². The van der Waals surface area contributed by atoms with Crippen molar-refractivity contribution in [1.29, 1.82) is 0 Å². The van der Waals surface area contributed by atoms with Gasteiger partial charge < -0.3 is 19.7 Å². The highest BCUT2D eigenvalue weighted by atomic mass is 19.1. The summed E-state index contributed by atoms with van der Waals surface area (Å²) >= 11 is 0. The van der Waals surface area contributed by atoms with Gasteiger partial charge in [0.2, 0.25) is 0 Å². The van der Waals surface area contributed by atoms with Crippen molar-refractivity contribution in [3.05, 3.63) is 35.6 Å². The molecule has 0 atom stereocenters. The van der Waals surface area contributed by atoms with Crippen molar-refractivity contribution in [3.63, 3.8) is 0 Å². The molecule has 1 amide bonds. The predicted octanol–water partition coefficient (Wildman–Crippen LogP) is 3.33. The number of ether oxygens (including phenoxy) is 2. The Morgan fingerprint density at radius 2 is 1.88 bits per heavy atom. The molecule has 0 saturated carbocycles. The zero-order valence-electron chi connectivity index (χ0n) is 15.4. The second kappa shape index (κ2) is 9.15. The van der Waals surface area contributed by atoms with Crippen LogP contribution in [-0.4, -0.2) is 48.9 Å². The van der Waals surface area contributed by atoms with Crippen molar-refractivity contribution in [1.82, 2.24) is 10.2 Å². The lowest BCUT2D eigenvalue weighted by molar-refractivity contribution is -0.0104. The second-order valence-electron chi connectivity index (χ2n) is 7.34. The highest BCUT2D eigenvalue weighted by Gasteiger charge is 2.26. The average molecular weight is 352 g/mol. The maximum Gasteiger partial charge on any atom is 0.410 e. The van der Waals surface area contributed by atoms with Crippen LogP contribution in [0, 0.1) is 5.82 Å². The zero-order chi connectivity index (χ0) is 18.3. The fourth-order valence-electron chi connectivity index (χ4n) is 2.66. The Kier molecular flexibility index (Phi) is 7.20. The Morgan fingerprint density at radius 1 is 1.24 bits per heavy atom. The fourth-order valence-corrected chi connectivity index (χ4v) is 2.66. The van der Waals surface area contributed by atoms with Crippen molar-refractivity contribution in [2.45, 2.75) is 51.9 Å². The molecule has 1 fully saturated rings. The molecule has 6 heteroatoms. The van der Waals surface area contributed by atoms with E-state index in [0.29, 0.717) is 26.2 Å². The molecule has 1 aliphatic rings. The number of rotatable bonds is 6. The van der Waals surface area contributed by atoms with Crippen molar-refractivity contribution in [3.8, 4) is 0 Å². The van der Waals surface area contributed by atoms with Gasteiger partial charge in [0, 0.05) is 26.2 Å². The monoisotopic (exact) mass is 352 g/mol. The fraction of sp³-hybridized carbons (Fsp3) is 0.632. The van der Waals surface area contributed by atoms with Gasteiger partial charge in [0.25, 0.3) is 0 Å². The first-order chi connectivity index (χ1) is 11.8. The Hall–Kier alpha value is -1.66. The molecule has 0 radical (unpaired) electrons. The number of piperidine rings is 1. The minimum absolute atomic E-state index is 0.186. The largest absolute Gasteiger partial charge is 0.444 e. The molecule has 0 spiro atoms. The molecule has 1 aromatic carbocycles. The lowest BCUT2D eigenvalue weighted by Crippen LogP contribution is -2.43. The van der Waals surface area contributed by atoms with Gasteiger partial charge in [0.15, 0.2) is 0 Å². The molecule has 2 rings (SSSR count). The molecule has 1 aromatic rings. The maximum absolute atomic E-state index is 12.8. The highest BCUT2D eigenvalue weighted by Crippen LogP contribution is 2.17. The van der Waals surface area contributed by atoms with Crippen LogP contribution in [0.2, 0.25) is 0 Å². The molecule has 0 bridgehead atoms. The number of benzene rings is 1. The number of likely N-dealkylation sites (tertiary alicyclic amines) is 1. The minimum atomic E-state index is -0.458. The van der Waals surface area contributed by atoms with E-state index in [2.05, 4.69) is 5.32 Å².